The van der Waals surface area contributed by atoms with Crippen LogP contribution in [0.2, 0.25) is 0 Å². The minimum atomic E-state index is -0.0373. The van der Waals surface area contributed by atoms with E-state index in [1.807, 2.05) is 7.05 Å². The summed E-state index contributed by atoms with van der Waals surface area (Å²) >= 11 is 0. The summed E-state index contributed by atoms with van der Waals surface area (Å²) in [5.74, 6) is 0.971. The molecule has 2 atom stereocenters. The summed E-state index contributed by atoms with van der Waals surface area (Å²) < 4.78 is 11.6. The van der Waals surface area contributed by atoms with Crippen molar-refractivity contribution in [2.45, 2.75) is 45.3 Å². The van der Waals surface area contributed by atoms with Crippen LogP contribution in [0, 0.1) is 6.92 Å². The van der Waals surface area contributed by atoms with Crippen LogP contribution in [0.5, 0.6) is 5.75 Å². The SMILES string of the molecule is CCC(C)(Pc1c(C)cccc1CNC)c1cccc(Cc2ccccc2)c1OCOC. The molecule has 0 saturated carbocycles. The number of hydrogen-bond acceptors (Lipinski definition) is 3. The van der Waals surface area contributed by atoms with Crippen LogP contribution < -0.4 is 15.4 Å². The highest BCUT2D eigenvalue weighted by Crippen LogP contribution is 2.49. The van der Waals surface area contributed by atoms with Crippen molar-refractivity contribution in [3.05, 3.63) is 94.5 Å². The summed E-state index contributed by atoms with van der Waals surface area (Å²) in [6.07, 6.45) is 1.86. The molecule has 3 rings (SSSR count). The van der Waals surface area contributed by atoms with Crippen LogP contribution in [0.3, 0.4) is 0 Å². The Morgan fingerprint density at radius 1 is 0.938 bits per heavy atom. The van der Waals surface area contributed by atoms with E-state index in [0.29, 0.717) is 8.58 Å². The number of nitrogens with one attached hydrogen (secondary N) is 1. The molecule has 0 spiro atoms. The first-order valence-corrected chi connectivity index (χ1v) is 12.3. The molecule has 0 heterocycles. The number of aryl methyl sites for hydroxylation is 1. The zero-order chi connectivity index (χ0) is 23.0. The van der Waals surface area contributed by atoms with Crippen molar-refractivity contribution in [1.82, 2.24) is 5.32 Å². The smallest absolute Gasteiger partial charge is 0.188 e. The lowest BCUT2D eigenvalue weighted by Crippen LogP contribution is -2.24. The summed E-state index contributed by atoms with van der Waals surface area (Å²) in [7, 11) is 4.33. The molecule has 3 aromatic rings. The first-order chi connectivity index (χ1) is 15.5. The lowest BCUT2D eigenvalue weighted by molar-refractivity contribution is 0.0494. The van der Waals surface area contributed by atoms with Gasteiger partial charge in [0.05, 0.1) is 0 Å². The van der Waals surface area contributed by atoms with Crippen LogP contribution in [0.4, 0.5) is 0 Å². The molecule has 0 saturated heterocycles. The fraction of sp³-hybridized carbons (Fsp3) is 0.357. The Bertz CT molecular complexity index is 1010. The minimum absolute atomic E-state index is 0.0373. The molecular formula is C28H36NO2P. The number of benzene rings is 3. The molecule has 0 radical (unpaired) electrons. The lowest BCUT2D eigenvalue weighted by atomic mass is 9.92. The van der Waals surface area contributed by atoms with Gasteiger partial charge in [0.2, 0.25) is 0 Å². The number of methoxy groups -OCH3 is 1. The normalized spacial score (nSPS) is 13.4. The van der Waals surface area contributed by atoms with Crippen molar-refractivity contribution in [2.75, 3.05) is 21.0 Å². The molecule has 0 fully saturated rings. The maximum atomic E-state index is 6.25. The van der Waals surface area contributed by atoms with Crippen LogP contribution in [0.25, 0.3) is 0 Å². The molecule has 0 bridgehead atoms. The summed E-state index contributed by atoms with van der Waals surface area (Å²) in [6.45, 7) is 8.02. The molecule has 170 valence electrons. The van der Waals surface area contributed by atoms with E-state index in [4.69, 9.17) is 9.47 Å². The van der Waals surface area contributed by atoms with Gasteiger partial charge in [-0.2, -0.15) is 0 Å². The van der Waals surface area contributed by atoms with Gasteiger partial charge < -0.3 is 14.8 Å². The average molecular weight is 450 g/mol. The molecule has 4 heteroatoms. The topological polar surface area (TPSA) is 30.5 Å². The van der Waals surface area contributed by atoms with Crippen molar-refractivity contribution in [3.63, 3.8) is 0 Å². The largest absolute Gasteiger partial charge is 0.467 e. The zero-order valence-electron chi connectivity index (χ0n) is 20.0. The van der Waals surface area contributed by atoms with E-state index >= 15 is 0 Å². The zero-order valence-corrected chi connectivity index (χ0v) is 21.0. The van der Waals surface area contributed by atoms with E-state index in [1.165, 1.54) is 33.1 Å². The van der Waals surface area contributed by atoms with Crippen LogP contribution in [-0.2, 0) is 22.9 Å². The van der Waals surface area contributed by atoms with Gasteiger partial charge in [0.15, 0.2) is 6.79 Å². The third kappa shape index (κ3) is 5.78. The summed E-state index contributed by atoms with van der Waals surface area (Å²) in [4.78, 5) is 0. The van der Waals surface area contributed by atoms with Gasteiger partial charge in [0, 0.05) is 30.8 Å². The molecule has 3 nitrogen and oxygen atoms in total. The summed E-state index contributed by atoms with van der Waals surface area (Å²) in [5.41, 5.74) is 6.49. The second-order valence-corrected chi connectivity index (χ2v) is 10.3. The van der Waals surface area contributed by atoms with Gasteiger partial charge in [-0.15, -0.1) is 0 Å². The quantitative estimate of drug-likeness (QED) is 0.291. The Morgan fingerprint density at radius 2 is 1.66 bits per heavy atom. The van der Waals surface area contributed by atoms with Crippen LogP contribution in [0.15, 0.2) is 66.7 Å². The Kier molecular flexibility index (Phi) is 8.87. The van der Waals surface area contributed by atoms with Gasteiger partial charge in [0.1, 0.15) is 5.75 Å². The second kappa shape index (κ2) is 11.6. The Hall–Kier alpha value is -2.19. The fourth-order valence-electron chi connectivity index (χ4n) is 4.13. The Balaban J connectivity index is 2.06. The first-order valence-electron chi connectivity index (χ1n) is 11.3. The molecule has 0 aliphatic heterocycles. The average Bonchev–Trinajstić information content (AvgIpc) is 2.81. The summed E-state index contributed by atoms with van der Waals surface area (Å²) in [5, 5.41) is 4.75. The Morgan fingerprint density at radius 3 is 2.34 bits per heavy atom. The molecular weight excluding hydrogens is 413 g/mol. The standard InChI is InChI=1S/C28H36NO2P/c1-6-28(3,32-27-21(2)12-10-16-24(27)19-29-4)25-17-11-15-23(26(25)31-20-30-5)18-22-13-8-7-9-14-22/h7-17,29,32H,6,18-20H2,1-5H3. The van der Waals surface area contributed by atoms with Crippen LogP contribution >= 0.6 is 8.58 Å². The van der Waals surface area contributed by atoms with Gasteiger partial charge in [-0.1, -0.05) is 89.2 Å². The number of rotatable bonds is 11. The number of para-hydroxylation sites is 1. The van der Waals surface area contributed by atoms with Gasteiger partial charge in [0.25, 0.3) is 0 Å². The highest BCUT2D eigenvalue weighted by Gasteiger charge is 2.31. The lowest BCUT2D eigenvalue weighted by Gasteiger charge is -2.33. The molecule has 1 N–H and O–H groups in total. The number of hydrogen-bond donors (Lipinski definition) is 1. The fourth-order valence-corrected chi connectivity index (χ4v) is 5.80. The van der Waals surface area contributed by atoms with E-state index < -0.39 is 0 Å². The molecule has 2 unspecified atom stereocenters. The van der Waals surface area contributed by atoms with Crippen molar-refractivity contribution >= 4 is 13.9 Å². The van der Waals surface area contributed by atoms with E-state index in [2.05, 4.69) is 92.8 Å². The highest BCUT2D eigenvalue weighted by molar-refractivity contribution is 7.48. The van der Waals surface area contributed by atoms with Crippen molar-refractivity contribution in [3.8, 4) is 5.75 Å². The van der Waals surface area contributed by atoms with Gasteiger partial charge in [-0.05, 0) is 48.0 Å². The van der Waals surface area contributed by atoms with E-state index in [1.54, 1.807) is 7.11 Å². The maximum Gasteiger partial charge on any atom is 0.188 e. The van der Waals surface area contributed by atoms with E-state index in [9.17, 15) is 0 Å². The van der Waals surface area contributed by atoms with Crippen molar-refractivity contribution < 1.29 is 9.47 Å². The van der Waals surface area contributed by atoms with Gasteiger partial charge in [-0.25, -0.2) is 0 Å². The molecule has 0 amide bonds. The van der Waals surface area contributed by atoms with Crippen molar-refractivity contribution in [1.29, 1.82) is 0 Å². The predicted molar refractivity (Wildman–Crippen MR) is 138 cm³/mol. The van der Waals surface area contributed by atoms with E-state index in [0.717, 1.165) is 25.1 Å². The Labute approximate surface area is 195 Å². The van der Waals surface area contributed by atoms with Crippen LogP contribution in [-0.4, -0.2) is 21.0 Å². The molecule has 0 aromatic heterocycles. The van der Waals surface area contributed by atoms with E-state index in [-0.39, 0.29) is 11.9 Å². The second-order valence-electron chi connectivity index (χ2n) is 8.46. The molecule has 32 heavy (non-hydrogen) atoms. The monoisotopic (exact) mass is 449 g/mol. The third-order valence-corrected chi connectivity index (χ3v) is 8.22. The van der Waals surface area contributed by atoms with Gasteiger partial charge in [-0.3, -0.25) is 0 Å². The van der Waals surface area contributed by atoms with Crippen LogP contribution in [0.1, 0.15) is 48.1 Å². The third-order valence-electron chi connectivity index (χ3n) is 6.08. The van der Waals surface area contributed by atoms with Crippen molar-refractivity contribution in [2.24, 2.45) is 0 Å². The highest BCUT2D eigenvalue weighted by atomic mass is 31.1. The minimum Gasteiger partial charge on any atom is -0.467 e. The maximum absolute atomic E-state index is 6.25. The molecule has 3 aromatic carbocycles. The molecule has 0 aliphatic carbocycles. The first kappa shape index (κ1) is 24.5. The van der Waals surface area contributed by atoms with Gasteiger partial charge >= 0.3 is 0 Å². The summed E-state index contributed by atoms with van der Waals surface area (Å²) in [6, 6.07) is 23.8. The number of ether oxygens (including phenoxy) is 2. The molecule has 0 aliphatic rings. The predicted octanol–water partition coefficient (Wildman–Crippen LogP) is 5.92.